The van der Waals surface area contributed by atoms with Gasteiger partial charge in [-0.3, -0.25) is 4.40 Å². The molecule has 164 valence electrons. The highest BCUT2D eigenvalue weighted by atomic mass is 16.3. The first-order valence-corrected chi connectivity index (χ1v) is 10.5. The van der Waals surface area contributed by atoms with Crippen LogP contribution in [0, 0.1) is 0 Å². The molecule has 0 aliphatic carbocycles. The van der Waals surface area contributed by atoms with Gasteiger partial charge in [-0.25, -0.2) is 9.97 Å². The number of hydrogen-bond donors (Lipinski definition) is 2. The second-order valence-corrected chi connectivity index (χ2v) is 9.56. The number of fused-ring (bicyclic) bond motifs is 1. The Bertz CT molecular complexity index is 1360. The first-order valence-electron chi connectivity index (χ1n) is 10.5. The minimum Gasteiger partial charge on any atom is -0.507 e. The van der Waals surface area contributed by atoms with E-state index in [0.29, 0.717) is 28.4 Å². The normalized spacial score (nSPS) is 17.5. The van der Waals surface area contributed by atoms with Gasteiger partial charge < -0.3 is 10.4 Å². The molecule has 1 aliphatic rings. The molecule has 2 N–H and O–H groups in total. The fourth-order valence-electron chi connectivity index (χ4n) is 4.55. The average molecular weight is 431 g/mol. The van der Waals surface area contributed by atoms with Crippen LogP contribution < -0.4 is 5.32 Å². The van der Waals surface area contributed by atoms with Crippen LogP contribution in [0.4, 0.5) is 0 Å². The molecule has 1 aliphatic heterocycles. The molecule has 0 unspecified atom stereocenters. The Morgan fingerprint density at radius 1 is 1.06 bits per heavy atom. The first-order chi connectivity index (χ1) is 15.1. The molecule has 0 fully saturated rings. The zero-order valence-corrected chi connectivity index (χ0v) is 18.8. The summed E-state index contributed by atoms with van der Waals surface area (Å²) in [7, 11) is 1.70. The summed E-state index contributed by atoms with van der Waals surface area (Å²) in [6.45, 7) is 8.75. The van der Waals surface area contributed by atoms with Crippen molar-refractivity contribution in [3.05, 3.63) is 48.4 Å². The van der Waals surface area contributed by atoms with Crippen LogP contribution in [0.25, 0.3) is 34.0 Å². The van der Waals surface area contributed by atoms with E-state index >= 15 is 0 Å². The Morgan fingerprint density at radius 3 is 2.53 bits per heavy atom. The van der Waals surface area contributed by atoms with Gasteiger partial charge in [-0.05, 0) is 63.1 Å². The maximum atomic E-state index is 10.6. The monoisotopic (exact) mass is 430 g/mol. The molecule has 0 amide bonds. The van der Waals surface area contributed by atoms with E-state index in [-0.39, 0.29) is 16.8 Å². The van der Waals surface area contributed by atoms with Gasteiger partial charge in [0.25, 0.3) is 0 Å². The van der Waals surface area contributed by atoms with Crippen LogP contribution >= 0.6 is 0 Å². The van der Waals surface area contributed by atoms with E-state index < -0.39 is 0 Å². The molecule has 32 heavy (non-hydrogen) atoms. The smallest absolute Gasteiger partial charge is 0.234 e. The number of rotatable bonds is 3. The molecule has 5 rings (SSSR count). The minimum atomic E-state index is -0.114. The molecule has 3 aromatic heterocycles. The third-order valence-corrected chi connectivity index (χ3v) is 5.52. The highest BCUT2D eigenvalue weighted by molar-refractivity contribution is 5.73. The lowest BCUT2D eigenvalue weighted by Crippen LogP contribution is -2.53. The van der Waals surface area contributed by atoms with Gasteiger partial charge in [0.15, 0.2) is 0 Å². The summed E-state index contributed by atoms with van der Waals surface area (Å²) < 4.78 is 1.87. The predicted octanol–water partition coefficient (Wildman–Crippen LogP) is 3.23. The number of benzene rings is 1. The molecule has 9 nitrogen and oxygen atoms in total. The van der Waals surface area contributed by atoms with Gasteiger partial charge in [0.2, 0.25) is 11.6 Å². The summed E-state index contributed by atoms with van der Waals surface area (Å²) in [5.41, 5.74) is 3.94. The zero-order valence-electron chi connectivity index (χ0n) is 18.8. The lowest BCUT2D eigenvalue weighted by atomic mass is 9.82. The minimum absolute atomic E-state index is 0.0203. The summed E-state index contributed by atoms with van der Waals surface area (Å²) >= 11 is 0. The van der Waals surface area contributed by atoms with Gasteiger partial charge in [-0.2, -0.15) is 4.80 Å². The highest BCUT2D eigenvalue weighted by Gasteiger charge is 2.33. The number of tetrazole rings is 1. The number of phenolic OH excluding ortho intramolecular Hbond substituents is 1. The van der Waals surface area contributed by atoms with Crippen molar-refractivity contribution in [1.29, 1.82) is 0 Å². The van der Waals surface area contributed by atoms with E-state index in [1.54, 1.807) is 13.1 Å². The number of aromatic hydroxyl groups is 1. The van der Waals surface area contributed by atoms with Gasteiger partial charge in [-0.15, -0.1) is 10.2 Å². The fraction of sp³-hybridized carbons (Fsp3) is 0.348. The Hall–Kier alpha value is -3.59. The molecule has 1 aromatic carbocycles. The van der Waals surface area contributed by atoms with Crippen molar-refractivity contribution in [1.82, 2.24) is 39.9 Å². The Labute approximate surface area is 185 Å². The van der Waals surface area contributed by atoms with Crippen molar-refractivity contribution < 1.29 is 5.11 Å². The number of aryl methyl sites for hydroxylation is 1. The van der Waals surface area contributed by atoms with Gasteiger partial charge in [-0.1, -0.05) is 12.1 Å². The quantitative estimate of drug-likeness (QED) is 0.514. The summed E-state index contributed by atoms with van der Waals surface area (Å²) in [6, 6.07) is 7.30. The van der Waals surface area contributed by atoms with Crippen LogP contribution in [0.3, 0.4) is 0 Å². The van der Waals surface area contributed by atoms with Crippen molar-refractivity contribution in [2.24, 2.45) is 7.05 Å². The van der Waals surface area contributed by atoms with E-state index in [4.69, 9.17) is 4.98 Å². The van der Waals surface area contributed by atoms with Crippen molar-refractivity contribution in [2.75, 3.05) is 0 Å². The lowest BCUT2D eigenvalue weighted by molar-refractivity contribution is 0.297. The van der Waals surface area contributed by atoms with Crippen LogP contribution in [0.5, 0.6) is 5.75 Å². The summed E-state index contributed by atoms with van der Waals surface area (Å²) in [5.74, 6) is 1.14. The maximum Gasteiger partial charge on any atom is 0.234 e. The van der Waals surface area contributed by atoms with E-state index in [1.165, 1.54) is 10.4 Å². The summed E-state index contributed by atoms with van der Waals surface area (Å²) in [5, 5.41) is 26.3. The zero-order chi connectivity index (χ0) is 22.7. The highest BCUT2D eigenvalue weighted by Crippen LogP contribution is 2.34. The summed E-state index contributed by atoms with van der Waals surface area (Å²) in [4.78, 5) is 10.9. The van der Waals surface area contributed by atoms with Crippen molar-refractivity contribution in [3.8, 4) is 28.4 Å². The molecule has 0 bridgehead atoms. The number of phenols is 1. The average Bonchev–Trinajstić information content (AvgIpc) is 3.30. The molecule has 4 heterocycles. The van der Waals surface area contributed by atoms with E-state index in [1.807, 2.05) is 35.0 Å². The van der Waals surface area contributed by atoms with Crippen LogP contribution in [0.15, 0.2) is 42.7 Å². The SMILES string of the molecule is Cn1nnc(-c2ccc(-c3cn4ccc(C5=CC(C)(C)NC(C)(C)C5)nc4n3)c(O)c2)n1. The number of hydrogen-bond acceptors (Lipinski definition) is 7. The van der Waals surface area contributed by atoms with E-state index in [9.17, 15) is 5.11 Å². The Kier molecular flexibility index (Phi) is 4.42. The van der Waals surface area contributed by atoms with Crippen LogP contribution in [0.2, 0.25) is 0 Å². The second kappa shape index (κ2) is 6.96. The Balaban J connectivity index is 1.50. The van der Waals surface area contributed by atoms with Crippen LogP contribution in [-0.4, -0.2) is 50.8 Å². The van der Waals surface area contributed by atoms with Gasteiger partial charge in [0.05, 0.1) is 18.4 Å². The maximum absolute atomic E-state index is 10.6. The third-order valence-electron chi connectivity index (χ3n) is 5.52. The number of nitrogens with one attached hydrogen (secondary N) is 1. The second-order valence-electron chi connectivity index (χ2n) is 9.56. The van der Waals surface area contributed by atoms with Gasteiger partial charge in [0.1, 0.15) is 5.75 Å². The van der Waals surface area contributed by atoms with Crippen molar-refractivity contribution in [2.45, 2.75) is 45.2 Å². The fourth-order valence-corrected chi connectivity index (χ4v) is 4.55. The summed E-state index contributed by atoms with van der Waals surface area (Å²) in [6.07, 6.45) is 6.95. The molecule has 4 aromatic rings. The molecule has 0 spiro atoms. The Morgan fingerprint density at radius 2 is 1.84 bits per heavy atom. The molecule has 0 saturated heterocycles. The third kappa shape index (κ3) is 3.75. The van der Waals surface area contributed by atoms with Crippen molar-refractivity contribution in [3.63, 3.8) is 0 Å². The van der Waals surface area contributed by atoms with Crippen LogP contribution in [0.1, 0.15) is 39.8 Å². The molecular formula is C23H26N8O. The number of imidazole rings is 1. The lowest BCUT2D eigenvalue weighted by Gasteiger charge is -2.41. The standard InChI is InChI=1S/C23H26N8O/c1-22(2)11-15(12-23(3,4)28-22)17-8-9-31-13-18(25-21(31)24-17)16-7-6-14(10-19(16)32)20-26-29-30(5)27-20/h6-11,13,28,32H,12H2,1-5H3. The van der Waals surface area contributed by atoms with E-state index in [2.05, 4.69) is 59.5 Å². The number of nitrogens with zero attached hydrogens (tertiary/aromatic N) is 7. The van der Waals surface area contributed by atoms with Crippen LogP contribution in [-0.2, 0) is 7.05 Å². The first kappa shape index (κ1) is 20.3. The molecule has 0 saturated carbocycles. The largest absolute Gasteiger partial charge is 0.507 e. The molecule has 0 atom stereocenters. The van der Waals surface area contributed by atoms with Gasteiger partial charge >= 0.3 is 0 Å². The molecule has 9 heteroatoms. The van der Waals surface area contributed by atoms with E-state index in [0.717, 1.165) is 12.1 Å². The number of aromatic nitrogens is 7. The topological polar surface area (TPSA) is 106 Å². The molecule has 0 radical (unpaired) electrons. The van der Waals surface area contributed by atoms with Crippen molar-refractivity contribution >= 4 is 11.4 Å². The molecular weight excluding hydrogens is 404 g/mol. The predicted molar refractivity (Wildman–Crippen MR) is 122 cm³/mol. The van der Waals surface area contributed by atoms with Gasteiger partial charge in [0, 0.05) is 34.6 Å².